The fraction of sp³-hybridized carbons (Fsp3) is 0.490. The Hall–Kier alpha value is -6.70. The molecular formula is C51H70N8O11. The molecule has 3 aromatic carbocycles. The Labute approximate surface area is 409 Å². The van der Waals surface area contributed by atoms with Crippen LogP contribution in [0, 0.1) is 11.8 Å². The van der Waals surface area contributed by atoms with E-state index in [4.69, 9.17) is 5.73 Å². The van der Waals surface area contributed by atoms with Gasteiger partial charge in [-0.05, 0) is 68.1 Å². The number of likely N-dealkylation sites (tertiary alicyclic amines) is 1. The van der Waals surface area contributed by atoms with Crippen LogP contribution in [0.1, 0.15) is 77.5 Å². The SMILES string of the molecule is CC(C)C[C@H](NC(=O)[C@@H](N)Cc1ccccc1)C(=O)N[C@@H](Cc1ccccc1)C(=O)N[C@H](C(=O)N1CCC[C@H]1C(=O)N[C@H](C(=O)N[C@@H](Cc1ccccc1)C(=O)N[C@H](C(=O)O)C(C)C)[C@@H](C)O)[C@@H](C)O. The van der Waals surface area contributed by atoms with Gasteiger partial charge >= 0.3 is 5.97 Å². The minimum absolute atomic E-state index is 0.0225. The number of carbonyl (C=O) groups excluding carboxylic acids is 7. The quantitative estimate of drug-likeness (QED) is 0.0555. The van der Waals surface area contributed by atoms with Crippen LogP contribution in [0.4, 0.5) is 0 Å². The Kier molecular flexibility index (Phi) is 21.5. The van der Waals surface area contributed by atoms with Crippen LogP contribution in [0.5, 0.6) is 0 Å². The summed E-state index contributed by atoms with van der Waals surface area (Å²) in [6, 6.07) is 16.1. The lowest BCUT2D eigenvalue weighted by Crippen LogP contribution is -2.63. The van der Waals surface area contributed by atoms with Gasteiger partial charge in [0, 0.05) is 19.4 Å². The number of hydrogen-bond donors (Lipinski definition) is 10. The lowest BCUT2D eigenvalue weighted by Gasteiger charge is -2.32. The molecule has 1 heterocycles. The van der Waals surface area contributed by atoms with Crippen LogP contribution in [0.3, 0.4) is 0 Å². The molecule has 7 amide bonds. The second-order valence-corrected chi connectivity index (χ2v) is 18.7. The lowest BCUT2D eigenvalue weighted by atomic mass is 9.99. The molecule has 0 unspecified atom stereocenters. The highest BCUT2D eigenvalue weighted by Crippen LogP contribution is 2.21. The summed E-state index contributed by atoms with van der Waals surface area (Å²) in [6.07, 6.45) is -2.27. The number of aliphatic carboxylic acids is 1. The number of carbonyl (C=O) groups is 8. The van der Waals surface area contributed by atoms with E-state index in [1.165, 1.54) is 13.8 Å². The van der Waals surface area contributed by atoms with Gasteiger partial charge in [0.25, 0.3) is 0 Å². The Bertz CT molecular complexity index is 2230. The average Bonchev–Trinajstić information content (AvgIpc) is 3.81. The van der Waals surface area contributed by atoms with Gasteiger partial charge < -0.3 is 57.9 Å². The van der Waals surface area contributed by atoms with Crippen molar-refractivity contribution in [3.8, 4) is 0 Å². The zero-order valence-electron chi connectivity index (χ0n) is 40.7. The molecule has 380 valence electrons. The first-order valence-electron chi connectivity index (χ1n) is 23.8. The van der Waals surface area contributed by atoms with E-state index in [0.29, 0.717) is 17.5 Å². The first-order chi connectivity index (χ1) is 33.2. The van der Waals surface area contributed by atoms with Crippen molar-refractivity contribution in [2.24, 2.45) is 17.6 Å². The number of carboxylic acid groups (broad SMARTS) is 1. The molecule has 3 aromatic rings. The molecule has 19 nitrogen and oxygen atoms in total. The number of carboxylic acids is 1. The van der Waals surface area contributed by atoms with Gasteiger partial charge in [0.2, 0.25) is 41.4 Å². The van der Waals surface area contributed by atoms with Gasteiger partial charge in [-0.2, -0.15) is 0 Å². The van der Waals surface area contributed by atoms with Gasteiger partial charge in [0.1, 0.15) is 42.3 Å². The highest BCUT2D eigenvalue weighted by molar-refractivity contribution is 5.98. The molecule has 1 saturated heterocycles. The lowest BCUT2D eigenvalue weighted by molar-refractivity contribution is -0.145. The molecule has 0 bridgehead atoms. The van der Waals surface area contributed by atoms with E-state index in [0.717, 1.165) is 10.5 Å². The van der Waals surface area contributed by atoms with Gasteiger partial charge in [-0.25, -0.2) is 4.79 Å². The second-order valence-electron chi connectivity index (χ2n) is 18.7. The van der Waals surface area contributed by atoms with Crippen molar-refractivity contribution in [1.82, 2.24) is 36.8 Å². The van der Waals surface area contributed by atoms with Crippen molar-refractivity contribution in [2.75, 3.05) is 6.54 Å². The number of aliphatic hydroxyl groups excluding tert-OH is 2. The maximum absolute atomic E-state index is 14.3. The molecule has 0 radical (unpaired) electrons. The summed E-state index contributed by atoms with van der Waals surface area (Å²) in [5, 5.41) is 47.1. The maximum atomic E-state index is 14.3. The fourth-order valence-electron chi connectivity index (χ4n) is 8.14. The van der Waals surface area contributed by atoms with E-state index in [9.17, 15) is 53.7 Å². The molecule has 19 heteroatoms. The third-order valence-corrected chi connectivity index (χ3v) is 12.0. The summed E-state index contributed by atoms with van der Waals surface area (Å²) in [4.78, 5) is 110. The summed E-state index contributed by atoms with van der Waals surface area (Å²) in [6.45, 7) is 9.50. The van der Waals surface area contributed by atoms with E-state index in [1.807, 2.05) is 44.2 Å². The summed E-state index contributed by atoms with van der Waals surface area (Å²) in [7, 11) is 0. The molecule has 0 aromatic heterocycles. The van der Waals surface area contributed by atoms with E-state index in [-0.39, 0.29) is 44.6 Å². The standard InChI is InChI=1S/C51H70N8O11/c1-29(2)25-37(53-44(62)36(52)26-33-17-10-7-11-18-33)45(63)54-38(27-34-19-12-8-13-20-34)47(65)58-43(32(6)61)50(68)59-24-16-23-40(59)48(66)57-42(31(5)60)49(67)55-39(28-35-21-14-9-15-22-35)46(64)56-41(30(3)4)51(69)70/h7-15,17-22,29-32,36-43,60-61H,16,23-28,52H2,1-6H3,(H,53,62)(H,54,63)(H,55,67)(H,56,64)(H,57,66)(H,58,65)(H,69,70)/t31-,32-,36+,37+,38+,39+,40+,41+,42+,43+/m1/s1. The molecule has 11 N–H and O–H groups in total. The number of nitrogens with two attached hydrogens (primary N) is 1. The average molecular weight is 971 g/mol. The van der Waals surface area contributed by atoms with Crippen molar-refractivity contribution in [3.05, 3.63) is 108 Å². The van der Waals surface area contributed by atoms with Crippen LogP contribution in [0.2, 0.25) is 0 Å². The van der Waals surface area contributed by atoms with Crippen LogP contribution in [0.25, 0.3) is 0 Å². The van der Waals surface area contributed by atoms with Crippen LogP contribution >= 0.6 is 0 Å². The number of aliphatic hydroxyl groups is 2. The normalized spacial score (nSPS) is 17.4. The molecule has 4 rings (SSSR count). The third-order valence-electron chi connectivity index (χ3n) is 12.0. The highest BCUT2D eigenvalue weighted by atomic mass is 16.4. The zero-order valence-corrected chi connectivity index (χ0v) is 40.7. The second kappa shape index (κ2) is 26.9. The summed E-state index contributed by atoms with van der Waals surface area (Å²) in [5.41, 5.74) is 8.36. The Morgan fingerprint density at radius 2 is 0.986 bits per heavy atom. The number of nitrogens with zero attached hydrogens (tertiary/aromatic N) is 1. The fourth-order valence-corrected chi connectivity index (χ4v) is 8.14. The van der Waals surface area contributed by atoms with Crippen molar-refractivity contribution in [2.45, 2.75) is 141 Å². The minimum atomic E-state index is -1.64. The molecule has 1 aliphatic rings. The van der Waals surface area contributed by atoms with E-state index in [1.54, 1.807) is 74.5 Å². The number of benzene rings is 3. The molecule has 10 atom stereocenters. The van der Waals surface area contributed by atoms with Gasteiger partial charge in [-0.15, -0.1) is 0 Å². The smallest absolute Gasteiger partial charge is 0.326 e. The predicted molar refractivity (Wildman–Crippen MR) is 260 cm³/mol. The Morgan fingerprint density at radius 1 is 0.557 bits per heavy atom. The predicted octanol–water partition coefficient (Wildman–Crippen LogP) is 0.490. The molecule has 70 heavy (non-hydrogen) atoms. The summed E-state index contributed by atoms with van der Waals surface area (Å²) >= 11 is 0. The van der Waals surface area contributed by atoms with Gasteiger partial charge in [-0.3, -0.25) is 33.6 Å². The zero-order chi connectivity index (χ0) is 51.7. The first-order valence-corrected chi connectivity index (χ1v) is 23.8. The van der Waals surface area contributed by atoms with Crippen molar-refractivity contribution in [3.63, 3.8) is 0 Å². The van der Waals surface area contributed by atoms with Crippen LogP contribution in [0.15, 0.2) is 91.0 Å². The van der Waals surface area contributed by atoms with Crippen LogP contribution in [-0.2, 0) is 57.6 Å². The highest BCUT2D eigenvalue weighted by Gasteiger charge is 2.42. The van der Waals surface area contributed by atoms with Crippen molar-refractivity contribution >= 4 is 47.3 Å². The third kappa shape index (κ3) is 16.8. The van der Waals surface area contributed by atoms with Gasteiger partial charge in [-0.1, -0.05) is 119 Å². The molecule has 0 aliphatic carbocycles. The number of amides is 7. The Balaban J connectivity index is 1.51. The van der Waals surface area contributed by atoms with Crippen molar-refractivity contribution in [1.29, 1.82) is 0 Å². The molecule has 0 spiro atoms. The van der Waals surface area contributed by atoms with Gasteiger partial charge in [0.15, 0.2) is 0 Å². The number of rotatable bonds is 25. The maximum Gasteiger partial charge on any atom is 0.326 e. The number of nitrogens with one attached hydrogen (secondary N) is 6. The largest absolute Gasteiger partial charge is 0.480 e. The van der Waals surface area contributed by atoms with Gasteiger partial charge in [0.05, 0.1) is 18.2 Å². The minimum Gasteiger partial charge on any atom is -0.480 e. The monoisotopic (exact) mass is 971 g/mol. The number of hydrogen-bond acceptors (Lipinski definition) is 11. The van der Waals surface area contributed by atoms with E-state index < -0.39 is 114 Å². The summed E-state index contributed by atoms with van der Waals surface area (Å²) in [5.74, 6) is -7.36. The summed E-state index contributed by atoms with van der Waals surface area (Å²) < 4.78 is 0. The van der Waals surface area contributed by atoms with Crippen LogP contribution < -0.4 is 37.6 Å². The van der Waals surface area contributed by atoms with Crippen molar-refractivity contribution < 1.29 is 53.7 Å². The first kappa shape index (κ1) is 55.9. The van der Waals surface area contributed by atoms with E-state index in [2.05, 4.69) is 31.9 Å². The Morgan fingerprint density at radius 3 is 1.43 bits per heavy atom. The molecule has 1 aliphatic heterocycles. The van der Waals surface area contributed by atoms with E-state index >= 15 is 0 Å². The van der Waals surface area contributed by atoms with Crippen LogP contribution in [-0.4, -0.2) is 135 Å². The molecule has 1 fully saturated rings. The molecular weight excluding hydrogens is 901 g/mol. The topological polar surface area (TPSA) is 299 Å². The molecule has 0 saturated carbocycles.